The van der Waals surface area contributed by atoms with Gasteiger partial charge >= 0.3 is 0 Å². The molecule has 1 rings (SSSR count). The Morgan fingerprint density at radius 1 is 1.28 bits per heavy atom. The molecule has 0 radical (unpaired) electrons. The number of nitrogens with two attached hydrogens (primary N) is 1. The van der Waals surface area contributed by atoms with Crippen molar-refractivity contribution >= 4 is 27.5 Å². The number of unbranched alkanes of at least 4 members (excludes halogenated alkanes) is 4. The van der Waals surface area contributed by atoms with Gasteiger partial charge in [-0.2, -0.15) is 0 Å². The number of hydrazine groups is 1. The molecule has 3 N–H and O–H groups in total. The van der Waals surface area contributed by atoms with Crippen molar-refractivity contribution in [3.05, 3.63) is 33.3 Å². The van der Waals surface area contributed by atoms with Gasteiger partial charge in [0.2, 0.25) is 0 Å². The van der Waals surface area contributed by atoms with Crippen molar-refractivity contribution in [2.45, 2.75) is 51.5 Å². The summed E-state index contributed by atoms with van der Waals surface area (Å²) in [6, 6.07) is 6.20. The van der Waals surface area contributed by atoms with Crippen LogP contribution in [0.2, 0.25) is 5.02 Å². The van der Waals surface area contributed by atoms with Crippen LogP contribution in [-0.2, 0) is 0 Å². The predicted molar refractivity (Wildman–Crippen MR) is 82.6 cm³/mol. The zero-order valence-corrected chi connectivity index (χ0v) is 13.2. The van der Waals surface area contributed by atoms with Crippen LogP contribution in [0, 0.1) is 0 Å². The maximum absolute atomic E-state index is 6.10. The van der Waals surface area contributed by atoms with Gasteiger partial charge in [-0.05, 0) is 40.0 Å². The van der Waals surface area contributed by atoms with E-state index in [9.17, 15) is 0 Å². The van der Waals surface area contributed by atoms with Crippen molar-refractivity contribution in [1.82, 2.24) is 5.43 Å². The Kier molecular flexibility index (Phi) is 7.91. The highest BCUT2D eigenvalue weighted by Crippen LogP contribution is 2.27. The third kappa shape index (κ3) is 5.27. The van der Waals surface area contributed by atoms with Crippen LogP contribution in [0.5, 0.6) is 0 Å². The average Bonchev–Trinajstić information content (AvgIpc) is 2.37. The van der Waals surface area contributed by atoms with Gasteiger partial charge in [-0.3, -0.25) is 11.3 Å². The third-order valence-electron chi connectivity index (χ3n) is 3.14. The van der Waals surface area contributed by atoms with Crippen molar-refractivity contribution in [2.75, 3.05) is 0 Å². The molecule has 0 fully saturated rings. The normalized spacial score (nSPS) is 12.7. The first-order valence-corrected chi connectivity index (χ1v) is 7.77. The Morgan fingerprint density at radius 3 is 2.61 bits per heavy atom. The van der Waals surface area contributed by atoms with Gasteiger partial charge in [0.15, 0.2) is 0 Å². The Bertz CT molecular complexity index is 358. The van der Waals surface area contributed by atoms with Gasteiger partial charge in [0.25, 0.3) is 0 Å². The summed E-state index contributed by atoms with van der Waals surface area (Å²) < 4.78 is 0.923. The van der Waals surface area contributed by atoms with Crippen LogP contribution in [0.1, 0.15) is 57.1 Å². The van der Waals surface area contributed by atoms with Gasteiger partial charge < -0.3 is 0 Å². The Hall–Kier alpha value is -0.0900. The summed E-state index contributed by atoms with van der Waals surface area (Å²) in [4.78, 5) is 0. The van der Waals surface area contributed by atoms with E-state index < -0.39 is 0 Å². The smallest absolute Gasteiger partial charge is 0.0551 e. The Labute approximate surface area is 123 Å². The molecule has 0 aliphatic heterocycles. The second-order valence-electron chi connectivity index (χ2n) is 4.60. The maximum atomic E-state index is 6.10. The number of benzene rings is 1. The van der Waals surface area contributed by atoms with Crippen LogP contribution in [0.15, 0.2) is 22.7 Å². The van der Waals surface area contributed by atoms with E-state index in [1.165, 1.54) is 32.1 Å². The number of nitrogens with one attached hydrogen (secondary N) is 1. The minimum Gasteiger partial charge on any atom is -0.271 e. The minimum atomic E-state index is 0.192. The molecule has 2 nitrogen and oxygen atoms in total. The molecule has 1 atom stereocenters. The van der Waals surface area contributed by atoms with Crippen molar-refractivity contribution in [2.24, 2.45) is 5.84 Å². The van der Waals surface area contributed by atoms with Gasteiger partial charge in [0.1, 0.15) is 0 Å². The van der Waals surface area contributed by atoms with E-state index in [4.69, 9.17) is 17.4 Å². The molecule has 1 aromatic carbocycles. The molecular formula is C14H22BrClN2. The van der Waals surface area contributed by atoms with E-state index >= 15 is 0 Å². The fraction of sp³-hybridized carbons (Fsp3) is 0.571. The molecule has 1 unspecified atom stereocenters. The molecule has 18 heavy (non-hydrogen) atoms. The number of hydrogen-bond donors (Lipinski definition) is 2. The van der Waals surface area contributed by atoms with E-state index in [0.717, 1.165) is 21.5 Å². The molecule has 102 valence electrons. The Balaban J connectivity index is 2.47. The number of rotatable bonds is 8. The van der Waals surface area contributed by atoms with Crippen LogP contribution >= 0.6 is 27.5 Å². The molecular weight excluding hydrogens is 312 g/mol. The Morgan fingerprint density at radius 2 is 2.00 bits per heavy atom. The number of hydrogen-bond acceptors (Lipinski definition) is 2. The van der Waals surface area contributed by atoms with E-state index in [1.807, 2.05) is 12.1 Å². The van der Waals surface area contributed by atoms with Crippen molar-refractivity contribution in [1.29, 1.82) is 0 Å². The quantitative estimate of drug-likeness (QED) is 0.400. The second-order valence-corrected chi connectivity index (χ2v) is 5.86. The lowest BCUT2D eigenvalue weighted by atomic mass is 10.0. The summed E-state index contributed by atoms with van der Waals surface area (Å²) in [6.45, 7) is 2.23. The third-order valence-corrected chi connectivity index (χ3v) is 4.38. The molecule has 0 bridgehead atoms. The molecule has 0 saturated carbocycles. The molecule has 0 aliphatic carbocycles. The lowest BCUT2D eigenvalue weighted by Crippen LogP contribution is -2.28. The lowest BCUT2D eigenvalue weighted by Gasteiger charge is -2.16. The highest BCUT2D eigenvalue weighted by molar-refractivity contribution is 9.10. The molecule has 0 saturated heterocycles. The fourth-order valence-electron chi connectivity index (χ4n) is 2.03. The average molecular weight is 334 g/mol. The molecule has 0 heterocycles. The SMILES string of the molecule is CCCCCCCC(NN)c1ccc(Br)c(Cl)c1. The number of halogens is 2. The van der Waals surface area contributed by atoms with E-state index in [1.54, 1.807) is 0 Å². The molecule has 4 heteroatoms. The van der Waals surface area contributed by atoms with Gasteiger partial charge in [0.05, 0.1) is 5.02 Å². The maximum Gasteiger partial charge on any atom is 0.0551 e. The highest BCUT2D eigenvalue weighted by atomic mass is 79.9. The highest BCUT2D eigenvalue weighted by Gasteiger charge is 2.10. The van der Waals surface area contributed by atoms with Crippen LogP contribution in [0.4, 0.5) is 0 Å². The van der Waals surface area contributed by atoms with Crippen LogP contribution in [0.25, 0.3) is 0 Å². The van der Waals surface area contributed by atoms with Crippen molar-refractivity contribution in [3.63, 3.8) is 0 Å². The van der Waals surface area contributed by atoms with E-state index in [-0.39, 0.29) is 6.04 Å². The summed E-state index contributed by atoms with van der Waals surface area (Å²) >= 11 is 9.50. The molecule has 0 spiro atoms. The van der Waals surface area contributed by atoms with E-state index in [2.05, 4.69) is 34.3 Å². The first-order valence-electron chi connectivity index (χ1n) is 6.60. The van der Waals surface area contributed by atoms with Crippen molar-refractivity contribution < 1.29 is 0 Å². The minimum absolute atomic E-state index is 0.192. The van der Waals surface area contributed by atoms with Crippen LogP contribution in [0.3, 0.4) is 0 Å². The molecule has 1 aromatic rings. The van der Waals surface area contributed by atoms with Gasteiger partial charge in [-0.1, -0.05) is 56.7 Å². The first-order chi connectivity index (χ1) is 8.69. The predicted octanol–water partition coefficient (Wildman–Crippen LogP) is 4.97. The van der Waals surface area contributed by atoms with Crippen molar-refractivity contribution in [3.8, 4) is 0 Å². The standard InChI is InChI=1S/C14H22BrClN2/c1-2-3-4-5-6-7-14(18-17)11-8-9-12(15)13(16)10-11/h8-10,14,18H,2-7,17H2,1H3. The summed E-state index contributed by atoms with van der Waals surface area (Å²) in [5.41, 5.74) is 4.04. The topological polar surface area (TPSA) is 38.0 Å². The monoisotopic (exact) mass is 332 g/mol. The second kappa shape index (κ2) is 8.92. The van der Waals surface area contributed by atoms with Gasteiger partial charge in [0, 0.05) is 10.5 Å². The first kappa shape index (κ1) is 16.0. The molecule has 0 aromatic heterocycles. The summed E-state index contributed by atoms with van der Waals surface area (Å²) in [7, 11) is 0. The molecule has 0 amide bonds. The van der Waals surface area contributed by atoms with E-state index in [0.29, 0.717) is 0 Å². The van der Waals surface area contributed by atoms with Gasteiger partial charge in [-0.15, -0.1) is 0 Å². The zero-order valence-electron chi connectivity index (χ0n) is 10.9. The van der Waals surface area contributed by atoms with Crippen LogP contribution in [-0.4, -0.2) is 0 Å². The zero-order chi connectivity index (χ0) is 13.4. The summed E-state index contributed by atoms with van der Waals surface area (Å²) in [5, 5.41) is 0.735. The molecule has 0 aliphatic rings. The van der Waals surface area contributed by atoms with Crippen LogP contribution < -0.4 is 11.3 Å². The van der Waals surface area contributed by atoms with Gasteiger partial charge in [-0.25, -0.2) is 0 Å². The summed E-state index contributed by atoms with van der Waals surface area (Å²) in [5.74, 6) is 5.63. The fourth-order valence-corrected chi connectivity index (χ4v) is 2.46. The largest absolute Gasteiger partial charge is 0.271 e. The summed E-state index contributed by atoms with van der Waals surface area (Å²) in [6.07, 6.45) is 7.44. The lowest BCUT2D eigenvalue weighted by molar-refractivity contribution is 0.479.